The first-order chi connectivity index (χ1) is 13.1. The van der Waals surface area contributed by atoms with Gasteiger partial charge >= 0.3 is 5.91 Å². The Bertz CT molecular complexity index is 974. The molecule has 0 aliphatic heterocycles. The van der Waals surface area contributed by atoms with Gasteiger partial charge in [0.25, 0.3) is 0 Å². The van der Waals surface area contributed by atoms with Crippen LogP contribution in [0.15, 0.2) is 52.9 Å². The predicted molar refractivity (Wildman–Crippen MR) is 105 cm³/mol. The number of fused-ring (bicyclic) bond motifs is 1. The Morgan fingerprint density at radius 3 is 2.67 bits per heavy atom. The number of amides is 1. The van der Waals surface area contributed by atoms with E-state index < -0.39 is 11.7 Å². The van der Waals surface area contributed by atoms with Crippen LogP contribution < -0.4 is 16.2 Å². The molecule has 1 amide bonds. The average molecular weight is 387 g/mol. The molecule has 6 nitrogen and oxygen atoms in total. The van der Waals surface area contributed by atoms with Crippen LogP contribution in [0.5, 0.6) is 0 Å². The number of para-hydroxylation sites is 2. The lowest BCUT2D eigenvalue weighted by Gasteiger charge is -2.12. The maximum Gasteiger partial charge on any atom is 0.305 e. The van der Waals surface area contributed by atoms with Crippen LogP contribution in [-0.4, -0.2) is 17.6 Å². The lowest BCUT2D eigenvalue weighted by atomic mass is 10.1. The summed E-state index contributed by atoms with van der Waals surface area (Å²) in [5.74, 6) is -0.839. The second-order valence-corrected chi connectivity index (χ2v) is 5.96. The van der Waals surface area contributed by atoms with Gasteiger partial charge in [0, 0.05) is 17.6 Å². The minimum absolute atomic E-state index is 0.0379. The number of hydrazine groups is 1. The normalized spacial score (nSPS) is 10.6. The Morgan fingerprint density at radius 1 is 1.15 bits per heavy atom. The Morgan fingerprint density at radius 2 is 1.89 bits per heavy atom. The van der Waals surface area contributed by atoms with Gasteiger partial charge in [-0.25, -0.2) is 4.39 Å². The Kier molecular flexibility index (Phi) is 6.00. The van der Waals surface area contributed by atoms with Gasteiger partial charge in [0.1, 0.15) is 11.4 Å². The summed E-state index contributed by atoms with van der Waals surface area (Å²) in [5, 5.41) is 3.51. The van der Waals surface area contributed by atoms with Crippen LogP contribution in [0.3, 0.4) is 0 Å². The molecular weight excluding hydrogens is 369 g/mol. The van der Waals surface area contributed by atoms with Crippen molar-refractivity contribution in [1.82, 2.24) is 10.9 Å². The summed E-state index contributed by atoms with van der Waals surface area (Å²) in [4.78, 5) is 12.5. The van der Waals surface area contributed by atoms with Crippen molar-refractivity contribution >= 4 is 39.9 Å². The predicted octanol–water partition coefficient (Wildman–Crippen LogP) is 3.74. The van der Waals surface area contributed by atoms with E-state index in [1.165, 1.54) is 12.1 Å². The van der Waals surface area contributed by atoms with Gasteiger partial charge < -0.3 is 14.5 Å². The first-order valence-corrected chi connectivity index (χ1v) is 8.71. The average Bonchev–Trinajstić information content (AvgIpc) is 3.05. The zero-order valence-corrected chi connectivity index (χ0v) is 15.4. The highest BCUT2D eigenvalue weighted by atomic mass is 32.1. The van der Waals surface area contributed by atoms with Crippen molar-refractivity contribution in [1.29, 1.82) is 0 Å². The molecule has 3 aromatic rings. The topological polar surface area (TPSA) is 75.5 Å². The summed E-state index contributed by atoms with van der Waals surface area (Å²) < 4.78 is 24.8. The van der Waals surface area contributed by atoms with E-state index in [0.29, 0.717) is 17.8 Å². The van der Waals surface area contributed by atoms with Crippen molar-refractivity contribution in [2.24, 2.45) is 0 Å². The quantitative estimate of drug-likeness (QED) is 0.457. The van der Waals surface area contributed by atoms with Crippen molar-refractivity contribution in [2.75, 3.05) is 11.9 Å². The van der Waals surface area contributed by atoms with Crippen LogP contribution in [0.2, 0.25) is 0 Å². The number of carbonyl (C=O) groups excluding carboxylic acids is 1. The third-order valence-corrected chi connectivity index (χ3v) is 3.97. The SMILES string of the molecule is CCOCc1c(C(=O)NNC(=S)Nc2ccccc2F)oc2ccccc12. The van der Waals surface area contributed by atoms with Gasteiger partial charge in [0.2, 0.25) is 0 Å². The number of ether oxygens (including phenoxy) is 1. The zero-order chi connectivity index (χ0) is 19.2. The first kappa shape index (κ1) is 18.8. The second-order valence-electron chi connectivity index (χ2n) is 5.56. The fourth-order valence-corrected chi connectivity index (χ4v) is 2.68. The van der Waals surface area contributed by atoms with Crippen molar-refractivity contribution < 1.29 is 18.3 Å². The summed E-state index contributed by atoms with van der Waals surface area (Å²) in [6.07, 6.45) is 0. The van der Waals surface area contributed by atoms with Crippen LogP contribution in [0.25, 0.3) is 11.0 Å². The molecule has 0 aliphatic carbocycles. The fraction of sp³-hybridized carbons (Fsp3) is 0.158. The molecule has 0 saturated heterocycles. The summed E-state index contributed by atoms with van der Waals surface area (Å²) in [5.41, 5.74) is 6.43. The van der Waals surface area contributed by atoms with Gasteiger partial charge in [-0.15, -0.1) is 0 Å². The molecule has 0 fully saturated rings. The number of anilines is 1. The van der Waals surface area contributed by atoms with Gasteiger partial charge in [-0.2, -0.15) is 0 Å². The van der Waals surface area contributed by atoms with E-state index in [1.807, 2.05) is 25.1 Å². The molecule has 3 N–H and O–H groups in total. The molecule has 1 aromatic heterocycles. The Labute approximate surface area is 160 Å². The van der Waals surface area contributed by atoms with Gasteiger partial charge in [0.15, 0.2) is 10.9 Å². The fourth-order valence-electron chi connectivity index (χ4n) is 2.52. The number of nitrogens with one attached hydrogen (secondary N) is 3. The summed E-state index contributed by atoms with van der Waals surface area (Å²) >= 11 is 5.07. The number of hydrogen-bond acceptors (Lipinski definition) is 4. The molecular formula is C19H18FN3O3S. The highest BCUT2D eigenvalue weighted by Gasteiger charge is 2.20. The molecule has 1 heterocycles. The molecule has 0 radical (unpaired) electrons. The van der Waals surface area contributed by atoms with Crippen molar-refractivity contribution in [3.8, 4) is 0 Å². The van der Waals surface area contributed by atoms with E-state index in [4.69, 9.17) is 21.4 Å². The number of furan rings is 1. The zero-order valence-electron chi connectivity index (χ0n) is 14.5. The lowest BCUT2D eigenvalue weighted by Crippen LogP contribution is -2.44. The number of carbonyl (C=O) groups is 1. The Hall–Kier alpha value is -2.97. The third-order valence-electron chi connectivity index (χ3n) is 3.77. The smallest absolute Gasteiger partial charge is 0.305 e. The highest BCUT2D eigenvalue weighted by molar-refractivity contribution is 7.80. The highest BCUT2D eigenvalue weighted by Crippen LogP contribution is 2.26. The summed E-state index contributed by atoms with van der Waals surface area (Å²) in [6, 6.07) is 13.4. The number of benzene rings is 2. The van der Waals surface area contributed by atoms with E-state index in [9.17, 15) is 9.18 Å². The van der Waals surface area contributed by atoms with E-state index in [-0.39, 0.29) is 23.2 Å². The molecule has 0 atom stereocenters. The molecule has 8 heteroatoms. The minimum atomic E-state index is -0.515. The molecule has 0 spiro atoms. The first-order valence-electron chi connectivity index (χ1n) is 8.30. The number of rotatable bonds is 5. The molecule has 0 unspecified atom stereocenters. The number of thiocarbonyl (C=S) groups is 1. The number of hydrogen-bond donors (Lipinski definition) is 3. The van der Waals surface area contributed by atoms with Gasteiger partial charge in [0.05, 0.1) is 12.3 Å². The second kappa shape index (κ2) is 8.61. The van der Waals surface area contributed by atoms with Gasteiger partial charge in [-0.1, -0.05) is 30.3 Å². The van der Waals surface area contributed by atoms with Crippen molar-refractivity contribution in [3.63, 3.8) is 0 Å². The number of halogens is 1. The van der Waals surface area contributed by atoms with E-state index in [0.717, 1.165) is 5.39 Å². The monoisotopic (exact) mass is 387 g/mol. The van der Waals surface area contributed by atoms with Gasteiger partial charge in [-0.05, 0) is 37.3 Å². The summed E-state index contributed by atoms with van der Waals surface area (Å²) in [6.45, 7) is 2.63. The molecule has 0 aliphatic rings. The van der Waals surface area contributed by atoms with Gasteiger partial charge in [-0.3, -0.25) is 15.6 Å². The van der Waals surface area contributed by atoms with E-state index in [2.05, 4.69) is 16.2 Å². The Balaban J connectivity index is 1.70. The molecule has 140 valence electrons. The molecule has 0 saturated carbocycles. The molecule has 0 bridgehead atoms. The maximum absolute atomic E-state index is 13.6. The van der Waals surface area contributed by atoms with Crippen LogP contribution in [0, 0.1) is 5.82 Å². The van der Waals surface area contributed by atoms with E-state index in [1.54, 1.807) is 18.2 Å². The molecule has 3 rings (SSSR count). The van der Waals surface area contributed by atoms with Crippen molar-refractivity contribution in [3.05, 3.63) is 65.7 Å². The lowest BCUT2D eigenvalue weighted by molar-refractivity contribution is 0.0905. The minimum Gasteiger partial charge on any atom is -0.450 e. The largest absolute Gasteiger partial charge is 0.450 e. The van der Waals surface area contributed by atoms with Crippen LogP contribution in [-0.2, 0) is 11.3 Å². The van der Waals surface area contributed by atoms with E-state index >= 15 is 0 Å². The summed E-state index contributed by atoms with van der Waals surface area (Å²) in [7, 11) is 0. The molecule has 27 heavy (non-hydrogen) atoms. The third kappa shape index (κ3) is 4.42. The van der Waals surface area contributed by atoms with Crippen LogP contribution in [0.1, 0.15) is 23.0 Å². The van der Waals surface area contributed by atoms with Crippen LogP contribution >= 0.6 is 12.2 Å². The maximum atomic E-state index is 13.6. The standard InChI is InChI=1S/C19H18FN3O3S/c1-2-25-11-13-12-7-3-6-10-16(12)26-17(13)18(24)22-23-19(27)21-15-9-5-4-8-14(15)20/h3-10H,2,11H2,1H3,(H,22,24)(H2,21,23,27). The molecule has 2 aromatic carbocycles. The van der Waals surface area contributed by atoms with Crippen LogP contribution in [0.4, 0.5) is 10.1 Å². The van der Waals surface area contributed by atoms with Crippen molar-refractivity contribution in [2.45, 2.75) is 13.5 Å².